The molecule has 0 aliphatic carbocycles. The number of hydrogen-bond donors (Lipinski definition) is 1. The second kappa shape index (κ2) is 9.25. The molecule has 0 radical (unpaired) electrons. The molecule has 156 valence electrons. The van der Waals surface area contributed by atoms with Gasteiger partial charge < -0.3 is 14.7 Å². The summed E-state index contributed by atoms with van der Waals surface area (Å²) in [5.74, 6) is -0.715. The molecule has 0 saturated heterocycles. The van der Waals surface area contributed by atoms with E-state index in [1.165, 1.54) is 18.3 Å². The summed E-state index contributed by atoms with van der Waals surface area (Å²) in [7, 11) is 0. The highest BCUT2D eigenvalue weighted by atomic mass is 19.4. The first-order chi connectivity index (χ1) is 14.3. The van der Waals surface area contributed by atoms with Crippen LogP contribution in [0.4, 0.5) is 13.2 Å². The molecule has 3 rings (SSSR count). The zero-order valence-corrected chi connectivity index (χ0v) is 15.6. The molecule has 1 aromatic heterocycles. The molecule has 0 saturated carbocycles. The third kappa shape index (κ3) is 5.47. The number of halogens is 3. The van der Waals surface area contributed by atoms with Gasteiger partial charge in [-0.3, -0.25) is 4.98 Å². The van der Waals surface area contributed by atoms with E-state index in [2.05, 4.69) is 10.1 Å². The molecule has 0 aliphatic heterocycles. The Hall–Kier alpha value is -3.62. The molecule has 0 atom stereocenters. The smallest absolute Gasteiger partial charge is 0.416 e. The first-order valence-corrected chi connectivity index (χ1v) is 8.86. The quantitative estimate of drug-likeness (QED) is 0.432. The molecule has 30 heavy (non-hydrogen) atoms. The molecular weight excluding hydrogens is 401 g/mol. The minimum Gasteiger partial charge on any atom is -0.480 e. The van der Waals surface area contributed by atoms with Gasteiger partial charge in [0.05, 0.1) is 5.56 Å². The number of carbonyl (C=O) groups is 1. The number of benzene rings is 2. The highest BCUT2D eigenvalue weighted by Gasteiger charge is 2.29. The molecule has 9 heteroatoms. The fourth-order valence-electron chi connectivity index (χ4n) is 2.73. The number of rotatable bonds is 8. The summed E-state index contributed by atoms with van der Waals surface area (Å²) >= 11 is 0. The summed E-state index contributed by atoms with van der Waals surface area (Å²) in [4.78, 5) is 20.1. The maximum absolute atomic E-state index is 12.6. The topological polar surface area (TPSA) is 81.0 Å². The van der Waals surface area contributed by atoms with E-state index >= 15 is 0 Å². The van der Waals surface area contributed by atoms with Gasteiger partial charge in [-0.2, -0.15) is 13.2 Å². The lowest BCUT2D eigenvalue weighted by atomic mass is 10.1. The van der Waals surface area contributed by atoms with Crippen LogP contribution in [0, 0.1) is 0 Å². The molecule has 0 amide bonds. The number of nitrogens with zero attached hydrogens (tertiary/aromatic N) is 2. The molecule has 1 heterocycles. The van der Waals surface area contributed by atoms with Gasteiger partial charge in [0.25, 0.3) is 0 Å². The van der Waals surface area contributed by atoms with Crippen LogP contribution in [0.5, 0.6) is 5.75 Å². The largest absolute Gasteiger partial charge is 0.480 e. The van der Waals surface area contributed by atoms with Gasteiger partial charge in [0.15, 0.2) is 6.61 Å². The Kier molecular flexibility index (Phi) is 6.51. The van der Waals surface area contributed by atoms with Gasteiger partial charge in [0.1, 0.15) is 17.9 Å². The highest BCUT2D eigenvalue weighted by molar-refractivity contribution is 5.89. The number of ether oxygens (including phenoxy) is 1. The van der Waals surface area contributed by atoms with E-state index in [-0.39, 0.29) is 6.61 Å². The van der Waals surface area contributed by atoms with Gasteiger partial charge in [-0.25, -0.2) is 4.79 Å². The van der Waals surface area contributed by atoms with Crippen LogP contribution >= 0.6 is 0 Å². The van der Waals surface area contributed by atoms with Crippen molar-refractivity contribution in [2.24, 2.45) is 5.16 Å². The fraction of sp³-hybridized carbons (Fsp3) is 0.190. The van der Waals surface area contributed by atoms with Gasteiger partial charge in [-0.05, 0) is 35.4 Å². The average Bonchev–Trinajstić information content (AvgIpc) is 2.72. The van der Waals surface area contributed by atoms with Crippen LogP contribution in [0.15, 0.2) is 59.9 Å². The summed E-state index contributed by atoms with van der Waals surface area (Å²) in [5, 5.41) is 13.4. The lowest BCUT2D eigenvalue weighted by Gasteiger charge is -2.09. The van der Waals surface area contributed by atoms with E-state index in [4.69, 9.17) is 14.7 Å². The number of oxime groups is 1. The molecular formula is C21H17F3N2O4. The molecule has 1 N–H and O–H groups in total. The van der Waals surface area contributed by atoms with E-state index in [1.54, 1.807) is 24.4 Å². The van der Waals surface area contributed by atoms with Crippen LogP contribution in [0.25, 0.3) is 10.9 Å². The van der Waals surface area contributed by atoms with Crippen LogP contribution in [0.2, 0.25) is 0 Å². The Morgan fingerprint density at radius 1 is 1.13 bits per heavy atom. The minimum absolute atomic E-state index is 0.0406. The van der Waals surface area contributed by atoms with Crippen LogP contribution < -0.4 is 4.74 Å². The number of aromatic nitrogens is 1. The van der Waals surface area contributed by atoms with Crippen molar-refractivity contribution < 1.29 is 32.6 Å². The Labute approximate surface area is 169 Å². The molecule has 0 bridgehead atoms. The Bertz CT molecular complexity index is 1050. The number of carboxylic acids is 1. The van der Waals surface area contributed by atoms with Gasteiger partial charge in [0, 0.05) is 24.2 Å². The van der Waals surface area contributed by atoms with E-state index in [9.17, 15) is 18.0 Å². The van der Waals surface area contributed by atoms with Gasteiger partial charge in [0.2, 0.25) is 0 Å². The average molecular weight is 418 g/mol. The van der Waals surface area contributed by atoms with Gasteiger partial charge in [-0.1, -0.05) is 29.4 Å². The van der Waals surface area contributed by atoms with Crippen LogP contribution in [-0.2, 0) is 28.8 Å². The predicted octanol–water partition coefficient (Wildman–Crippen LogP) is 4.46. The molecule has 0 fully saturated rings. The number of alkyl halides is 3. The SMILES string of the molecule is O=C(O)COc1ccc(CC=NOCc2ccc(C(F)(F)F)cc2)c2cccnc12. The minimum atomic E-state index is -4.37. The third-order valence-corrected chi connectivity index (χ3v) is 4.15. The molecule has 0 unspecified atom stereocenters. The molecule has 3 aromatic rings. The fourth-order valence-corrected chi connectivity index (χ4v) is 2.73. The summed E-state index contributed by atoms with van der Waals surface area (Å²) in [6.45, 7) is -0.427. The normalized spacial score (nSPS) is 11.7. The van der Waals surface area contributed by atoms with Crippen molar-refractivity contribution >= 4 is 23.1 Å². The highest BCUT2D eigenvalue weighted by Crippen LogP contribution is 2.29. The third-order valence-electron chi connectivity index (χ3n) is 4.15. The van der Waals surface area contributed by atoms with Crippen molar-refractivity contribution in [3.63, 3.8) is 0 Å². The van der Waals surface area contributed by atoms with Crippen LogP contribution in [0.3, 0.4) is 0 Å². The Morgan fingerprint density at radius 3 is 2.60 bits per heavy atom. The van der Waals surface area contributed by atoms with E-state index in [1.807, 2.05) is 6.07 Å². The van der Waals surface area contributed by atoms with Crippen molar-refractivity contribution in [2.45, 2.75) is 19.2 Å². The monoisotopic (exact) mass is 418 g/mol. The summed E-state index contributed by atoms with van der Waals surface area (Å²) in [5.41, 5.74) is 1.26. The maximum atomic E-state index is 12.6. The van der Waals surface area contributed by atoms with E-state index in [0.29, 0.717) is 23.3 Å². The predicted molar refractivity (Wildman–Crippen MR) is 103 cm³/mol. The Balaban J connectivity index is 1.61. The molecule has 0 spiro atoms. The standard InChI is InChI=1S/C21H17F3N2O4/c22-21(23,24)16-6-3-14(4-7-16)12-30-26-11-9-15-5-8-18(29-13-19(27)28)20-17(15)2-1-10-25-20/h1-8,10-11H,9,12-13H2,(H,27,28). The van der Waals surface area contributed by atoms with E-state index in [0.717, 1.165) is 23.1 Å². The second-order valence-electron chi connectivity index (χ2n) is 6.27. The van der Waals surface area contributed by atoms with Crippen molar-refractivity contribution in [1.82, 2.24) is 4.98 Å². The van der Waals surface area contributed by atoms with Crippen molar-refractivity contribution in [3.05, 3.63) is 71.4 Å². The Morgan fingerprint density at radius 2 is 1.90 bits per heavy atom. The second-order valence-corrected chi connectivity index (χ2v) is 6.27. The zero-order valence-electron chi connectivity index (χ0n) is 15.6. The van der Waals surface area contributed by atoms with Crippen LogP contribution in [-0.4, -0.2) is 28.9 Å². The van der Waals surface area contributed by atoms with Crippen molar-refractivity contribution in [3.8, 4) is 5.75 Å². The number of hydrogen-bond acceptors (Lipinski definition) is 5. The van der Waals surface area contributed by atoms with Crippen LogP contribution in [0.1, 0.15) is 16.7 Å². The first kappa shape index (κ1) is 21.1. The van der Waals surface area contributed by atoms with E-state index < -0.39 is 24.3 Å². The summed E-state index contributed by atoms with van der Waals surface area (Å²) in [6, 6.07) is 11.7. The van der Waals surface area contributed by atoms with Crippen molar-refractivity contribution in [2.75, 3.05) is 6.61 Å². The van der Waals surface area contributed by atoms with Gasteiger partial charge >= 0.3 is 12.1 Å². The molecule has 2 aromatic carbocycles. The zero-order chi connectivity index (χ0) is 21.6. The number of aliphatic carboxylic acids is 1. The number of pyridine rings is 1. The van der Waals surface area contributed by atoms with Gasteiger partial charge in [-0.15, -0.1) is 0 Å². The lowest BCUT2D eigenvalue weighted by Crippen LogP contribution is -2.10. The maximum Gasteiger partial charge on any atom is 0.416 e. The first-order valence-electron chi connectivity index (χ1n) is 8.86. The summed E-state index contributed by atoms with van der Waals surface area (Å²) in [6.07, 6.45) is -0.845. The lowest BCUT2D eigenvalue weighted by molar-refractivity contribution is -0.139. The number of fused-ring (bicyclic) bond motifs is 1. The number of carboxylic acid groups (broad SMARTS) is 1. The van der Waals surface area contributed by atoms with Crippen molar-refractivity contribution in [1.29, 1.82) is 0 Å². The molecule has 6 nitrogen and oxygen atoms in total. The summed E-state index contributed by atoms with van der Waals surface area (Å²) < 4.78 is 42.9. The molecule has 0 aliphatic rings.